The Balaban J connectivity index is 1.99. The number of carbonyl (C=O) groups is 3. The Kier molecular flexibility index (Phi) is 10.2. The lowest BCUT2D eigenvalue weighted by atomic mass is 10.1. The van der Waals surface area contributed by atoms with Crippen molar-refractivity contribution in [1.29, 1.82) is 0 Å². The van der Waals surface area contributed by atoms with Crippen molar-refractivity contribution in [3.05, 3.63) is 41.7 Å². The van der Waals surface area contributed by atoms with Gasteiger partial charge in [-0.3, -0.25) is 9.59 Å². The molecule has 2 rings (SSSR count). The number of imidazole rings is 1. The van der Waals surface area contributed by atoms with Crippen molar-refractivity contribution in [2.24, 2.45) is 5.92 Å². The van der Waals surface area contributed by atoms with Gasteiger partial charge in [-0.1, -0.05) is 37.7 Å². The molecule has 174 valence electrons. The van der Waals surface area contributed by atoms with Gasteiger partial charge in [0.25, 0.3) is 0 Å². The maximum Gasteiger partial charge on any atom is 0.340 e. The van der Waals surface area contributed by atoms with Crippen LogP contribution >= 0.6 is 11.8 Å². The van der Waals surface area contributed by atoms with Gasteiger partial charge in [0.15, 0.2) is 5.16 Å². The number of hydrogen-bond donors (Lipinski definition) is 3. The number of anilines is 1. The number of aromatic nitrogens is 2. The highest BCUT2D eigenvalue weighted by molar-refractivity contribution is 7.99. The number of thioether (sulfide) groups is 1. The summed E-state index contributed by atoms with van der Waals surface area (Å²) in [6, 6.07) is 6.61. The van der Waals surface area contributed by atoms with Gasteiger partial charge < -0.3 is 25.0 Å². The smallest absolute Gasteiger partial charge is 0.340 e. The lowest BCUT2D eigenvalue weighted by Gasteiger charge is -2.12. The lowest BCUT2D eigenvalue weighted by molar-refractivity contribution is -0.121. The molecule has 32 heavy (non-hydrogen) atoms. The third-order valence-electron chi connectivity index (χ3n) is 4.44. The van der Waals surface area contributed by atoms with Gasteiger partial charge in [0.2, 0.25) is 11.8 Å². The van der Waals surface area contributed by atoms with Crippen LogP contribution in [0.4, 0.5) is 5.69 Å². The highest BCUT2D eigenvalue weighted by Gasteiger charge is 2.17. The maximum absolute atomic E-state index is 12.5. The van der Waals surface area contributed by atoms with Crippen molar-refractivity contribution in [3.8, 4) is 0 Å². The van der Waals surface area contributed by atoms with E-state index in [1.807, 2.05) is 0 Å². The van der Waals surface area contributed by atoms with Crippen molar-refractivity contribution < 1.29 is 24.2 Å². The minimum Gasteiger partial charge on any atom is -0.462 e. The number of benzene rings is 1. The Bertz CT molecular complexity index is 929. The monoisotopic (exact) mass is 462 g/mol. The van der Waals surface area contributed by atoms with Crippen molar-refractivity contribution in [2.75, 3.05) is 24.2 Å². The van der Waals surface area contributed by atoms with Crippen LogP contribution in [-0.4, -0.2) is 51.3 Å². The molecule has 9 nitrogen and oxygen atoms in total. The number of amides is 2. The Labute approximate surface area is 191 Å². The number of aliphatic hydroxyl groups excluding tert-OH is 1. The van der Waals surface area contributed by atoms with E-state index in [1.54, 1.807) is 35.8 Å². The average Bonchev–Trinajstić information content (AvgIpc) is 3.14. The van der Waals surface area contributed by atoms with Gasteiger partial charge in [0.1, 0.15) is 6.54 Å². The van der Waals surface area contributed by atoms with Crippen LogP contribution in [0, 0.1) is 5.92 Å². The standard InChI is InChI=1S/C22H30N4O5S/c1-4-31-21(30)17-7-5-6-8-18(17)25-20(29)14-32-22-24-11-16(13-27)26(22)12-19(28)23-10-9-15(2)3/h5-8,11,15,27H,4,9-10,12-14H2,1-3H3,(H,23,28)(H,25,29). The Morgan fingerprint density at radius 2 is 1.97 bits per heavy atom. The van der Waals surface area contributed by atoms with Crippen molar-refractivity contribution in [1.82, 2.24) is 14.9 Å². The van der Waals surface area contributed by atoms with E-state index in [-0.39, 0.29) is 42.9 Å². The molecular formula is C22H30N4O5S. The van der Waals surface area contributed by atoms with Crippen LogP contribution in [0.25, 0.3) is 0 Å². The molecule has 0 fully saturated rings. The topological polar surface area (TPSA) is 123 Å². The first-order chi connectivity index (χ1) is 15.3. The predicted molar refractivity (Wildman–Crippen MR) is 122 cm³/mol. The molecule has 1 aromatic carbocycles. The largest absolute Gasteiger partial charge is 0.462 e. The van der Waals surface area contributed by atoms with E-state index in [4.69, 9.17) is 4.74 Å². The molecule has 0 saturated carbocycles. The number of ether oxygens (including phenoxy) is 1. The number of hydrogen-bond acceptors (Lipinski definition) is 7. The fraction of sp³-hybridized carbons (Fsp3) is 0.455. The minimum atomic E-state index is -0.511. The number of nitrogens with one attached hydrogen (secondary N) is 2. The molecular weight excluding hydrogens is 432 g/mol. The van der Waals surface area contributed by atoms with Gasteiger partial charge >= 0.3 is 5.97 Å². The van der Waals surface area contributed by atoms with Crippen molar-refractivity contribution in [3.63, 3.8) is 0 Å². The average molecular weight is 463 g/mol. The third kappa shape index (κ3) is 7.69. The Hall–Kier alpha value is -2.85. The molecule has 0 saturated heterocycles. The SMILES string of the molecule is CCOC(=O)c1ccccc1NC(=O)CSc1ncc(CO)n1CC(=O)NCCC(C)C. The van der Waals surface area contributed by atoms with E-state index in [2.05, 4.69) is 29.5 Å². The van der Waals surface area contributed by atoms with Gasteiger partial charge in [-0.05, 0) is 31.4 Å². The van der Waals surface area contributed by atoms with E-state index < -0.39 is 5.97 Å². The number of esters is 1. The summed E-state index contributed by atoms with van der Waals surface area (Å²) in [6.07, 6.45) is 2.36. The first kappa shape index (κ1) is 25.4. The highest BCUT2D eigenvalue weighted by atomic mass is 32.2. The quantitative estimate of drug-likeness (QED) is 0.327. The number of para-hydroxylation sites is 1. The molecule has 0 aliphatic carbocycles. The van der Waals surface area contributed by atoms with Crippen LogP contribution in [0.3, 0.4) is 0 Å². The first-order valence-electron chi connectivity index (χ1n) is 10.5. The summed E-state index contributed by atoms with van der Waals surface area (Å²) < 4.78 is 6.61. The Morgan fingerprint density at radius 1 is 1.22 bits per heavy atom. The summed E-state index contributed by atoms with van der Waals surface area (Å²) >= 11 is 1.14. The summed E-state index contributed by atoms with van der Waals surface area (Å²) in [5.74, 6) is -0.548. The van der Waals surface area contributed by atoms with Crippen LogP contribution < -0.4 is 10.6 Å². The Morgan fingerprint density at radius 3 is 2.66 bits per heavy atom. The van der Waals surface area contributed by atoms with Gasteiger partial charge in [0.05, 0.1) is 42.1 Å². The molecule has 0 aliphatic rings. The second kappa shape index (κ2) is 12.9. The predicted octanol–water partition coefficient (Wildman–Crippen LogP) is 2.45. The van der Waals surface area contributed by atoms with Crippen LogP contribution in [0.2, 0.25) is 0 Å². The van der Waals surface area contributed by atoms with E-state index >= 15 is 0 Å². The molecule has 3 N–H and O–H groups in total. The van der Waals surface area contributed by atoms with Gasteiger partial charge in [-0.25, -0.2) is 9.78 Å². The number of nitrogens with zero attached hydrogens (tertiary/aromatic N) is 2. The molecule has 0 unspecified atom stereocenters. The molecule has 0 bridgehead atoms. The highest BCUT2D eigenvalue weighted by Crippen LogP contribution is 2.21. The van der Waals surface area contributed by atoms with Gasteiger partial charge in [-0.2, -0.15) is 0 Å². The van der Waals surface area contributed by atoms with E-state index in [9.17, 15) is 19.5 Å². The summed E-state index contributed by atoms with van der Waals surface area (Å²) in [5.41, 5.74) is 1.12. The molecule has 1 heterocycles. The van der Waals surface area contributed by atoms with Crippen molar-refractivity contribution >= 4 is 35.2 Å². The molecule has 10 heteroatoms. The first-order valence-corrected chi connectivity index (χ1v) is 11.4. The second-order valence-electron chi connectivity index (χ2n) is 7.41. The summed E-state index contributed by atoms with van der Waals surface area (Å²) in [5, 5.41) is 15.6. The van der Waals surface area contributed by atoms with Crippen LogP contribution in [-0.2, 0) is 27.5 Å². The maximum atomic E-state index is 12.5. The minimum absolute atomic E-state index is 0.00360. The molecule has 2 amide bonds. The van der Waals surface area contributed by atoms with Crippen LogP contribution in [0.15, 0.2) is 35.6 Å². The molecule has 0 radical (unpaired) electrons. The molecule has 0 spiro atoms. The zero-order valence-corrected chi connectivity index (χ0v) is 19.4. The van der Waals surface area contributed by atoms with E-state index in [0.29, 0.717) is 29.0 Å². The normalized spacial score (nSPS) is 10.8. The number of carbonyl (C=O) groups excluding carboxylic acids is 3. The molecule has 0 atom stereocenters. The third-order valence-corrected chi connectivity index (χ3v) is 5.43. The zero-order chi connectivity index (χ0) is 23.5. The van der Waals surface area contributed by atoms with Crippen LogP contribution in [0.1, 0.15) is 43.2 Å². The number of rotatable bonds is 12. The summed E-state index contributed by atoms with van der Waals surface area (Å²) in [7, 11) is 0. The molecule has 2 aromatic rings. The zero-order valence-electron chi connectivity index (χ0n) is 18.6. The van der Waals surface area contributed by atoms with Crippen LogP contribution in [0.5, 0.6) is 0 Å². The summed E-state index contributed by atoms with van der Waals surface area (Å²) in [4.78, 5) is 41.1. The second-order valence-corrected chi connectivity index (χ2v) is 8.35. The van der Waals surface area contributed by atoms with Gasteiger partial charge in [0, 0.05) is 6.54 Å². The van der Waals surface area contributed by atoms with E-state index in [1.165, 1.54) is 6.20 Å². The number of aliphatic hydroxyl groups is 1. The molecule has 1 aromatic heterocycles. The van der Waals surface area contributed by atoms with Gasteiger partial charge in [-0.15, -0.1) is 0 Å². The fourth-order valence-electron chi connectivity index (χ4n) is 2.80. The lowest BCUT2D eigenvalue weighted by Crippen LogP contribution is -2.30. The fourth-order valence-corrected chi connectivity index (χ4v) is 3.59. The van der Waals surface area contributed by atoms with E-state index in [0.717, 1.165) is 18.2 Å². The molecule has 0 aliphatic heterocycles. The summed E-state index contributed by atoms with van der Waals surface area (Å²) in [6.45, 7) is 6.41. The van der Waals surface area contributed by atoms with Crippen molar-refractivity contribution in [2.45, 2.75) is 45.5 Å².